The molecule has 0 bridgehead atoms. The number of ether oxygens (including phenoxy) is 1. The lowest BCUT2D eigenvalue weighted by Crippen LogP contribution is -2.24. The molecule has 0 unspecified atom stereocenters. The van der Waals surface area contributed by atoms with Gasteiger partial charge in [0.2, 0.25) is 0 Å². The van der Waals surface area contributed by atoms with E-state index in [9.17, 15) is 13.5 Å². The molecule has 1 aromatic carbocycles. The highest BCUT2D eigenvalue weighted by Crippen LogP contribution is 2.23. The number of sulfone groups is 1. The lowest BCUT2D eigenvalue weighted by Gasteiger charge is -2.17. The van der Waals surface area contributed by atoms with Gasteiger partial charge in [-0.25, -0.2) is 8.42 Å². The zero-order chi connectivity index (χ0) is 12.3. The van der Waals surface area contributed by atoms with Crippen molar-refractivity contribution in [3.63, 3.8) is 0 Å². The molecule has 1 N–H and O–H groups in total. The first-order valence-electron chi connectivity index (χ1n) is 4.87. The summed E-state index contributed by atoms with van der Waals surface area (Å²) in [5.74, 6) is 0.669. The molecule has 1 aromatic rings. The summed E-state index contributed by atoms with van der Waals surface area (Å²) in [4.78, 5) is 0. The summed E-state index contributed by atoms with van der Waals surface area (Å²) in [5.41, 5.74) is 0.568. The van der Waals surface area contributed by atoms with Gasteiger partial charge in [-0.15, -0.1) is 0 Å². The van der Waals surface area contributed by atoms with Crippen LogP contribution in [0.25, 0.3) is 0 Å². The molecule has 1 rings (SSSR count). The highest BCUT2D eigenvalue weighted by atomic mass is 32.2. The Balaban J connectivity index is 2.92. The molecule has 0 amide bonds. The van der Waals surface area contributed by atoms with Gasteiger partial charge in [0.15, 0.2) is 9.84 Å². The molecule has 0 aliphatic rings. The first kappa shape index (κ1) is 13.0. The Hall–Kier alpha value is -1.07. The zero-order valence-electron chi connectivity index (χ0n) is 9.54. The fraction of sp³-hybridized carbons (Fsp3) is 0.455. The molecular weight excluding hydrogens is 228 g/mol. The van der Waals surface area contributed by atoms with Crippen LogP contribution in [0.4, 0.5) is 0 Å². The molecular formula is C11H16O4S. The third-order valence-electron chi connectivity index (χ3n) is 2.58. The molecule has 90 valence electrons. The highest BCUT2D eigenvalue weighted by Gasteiger charge is 2.25. The van der Waals surface area contributed by atoms with Crippen molar-refractivity contribution in [1.29, 1.82) is 0 Å². The largest absolute Gasteiger partial charge is 0.497 e. The Kier molecular flexibility index (Phi) is 3.93. The van der Waals surface area contributed by atoms with E-state index in [0.717, 1.165) is 6.26 Å². The predicted molar refractivity (Wildman–Crippen MR) is 62.3 cm³/mol. The lowest BCUT2D eigenvalue weighted by atomic mass is 10.1. The highest BCUT2D eigenvalue weighted by molar-refractivity contribution is 7.91. The fourth-order valence-electron chi connectivity index (χ4n) is 1.31. The first-order valence-corrected chi connectivity index (χ1v) is 6.82. The van der Waals surface area contributed by atoms with Crippen LogP contribution < -0.4 is 4.74 Å². The number of benzene rings is 1. The molecule has 0 radical (unpaired) electrons. The number of aliphatic hydroxyl groups is 1. The van der Waals surface area contributed by atoms with Gasteiger partial charge in [-0.05, 0) is 24.6 Å². The number of aliphatic hydroxyl groups excluding tert-OH is 1. The maximum atomic E-state index is 11.3. The van der Waals surface area contributed by atoms with Crippen molar-refractivity contribution >= 4 is 9.84 Å². The van der Waals surface area contributed by atoms with E-state index in [-0.39, 0.29) is 0 Å². The molecule has 0 saturated heterocycles. The van der Waals surface area contributed by atoms with E-state index >= 15 is 0 Å². The van der Waals surface area contributed by atoms with E-state index < -0.39 is 21.2 Å². The van der Waals surface area contributed by atoms with Crippen molar-refractivity contribution in [2.75, 3.05) is 13.4 Å². The van der Waals surface area contributed by atoms with Crippen LogP contribution >= 0.6 is 0 Å². The Bertz CT molecular complexity index is 436. The zero-order valence-corrected chi connectivity index (χ0v) is 10.4. The van der Waals surface area contributed by atoms with Gasteiger partial charge in [0.25, 0.3) is 0 Å². The van der Waals surface area contributed by atoms with Crippen LogP contribution in [-0.2, 0) is 9.84 Å². The topological polar surface area (TPSA) is 63.6 Å². The molecule has 0 aliphatic carbocycles. The molecule has 16 heavy (non-hydrogen) atoms. The fourth-order valence-corrected chi connectivity index (χ4v) is 1.93. The molecule has 2 atom stereocenters. The minimum atomic E-state index is -3.25. The summed E-state index contributed by atoms with van der Waals surface area (Å²) < 4.78 is 27.5. The van der Waals surface area contributed by atoms with Gasteiger partial charge in [-0.3, -0.25) is 0 Å². The van der Waals surface area contributed by atoms with E-state index in [2.05, 4.69) is 0 Å². The molecule has 0 spiro atoms. The maximum Gasteiger partial charge on any atom is 0.152 e. The summed E-state index contributed by atoms with van der Waals surface area (Å²) >= 11 is 0. The Morgan fingerprint density at radius 2 is 1.75 bits per heavy atom. The number of methoxy groups -OCH3 is 1. The van der Waals surface area contributed by atoms with Gasteiger partial charge in [-0.2, -0.15) is 0 Å². The van der Waals surface area contributed by atoms with Crippen molar-refractivity contribution in [1.82, 2.24) is 0 Å². The lowest BCUT2D eigenvalue weighted by molar-refractivity contribution is 0.176. The average Bonchev–Trinajstić information content (AvgIpc) is 2.26. The smallest absolute Gasteiger partial charge is 0.152 e. The van der Waals surface area contributed by atoms with Crippen molar-refractivity contribution in [2.24, 2.45) is 0 Å². The van der Waals surface area contributed by atoms with Crippen LogP contribution in [-0.4, -0.2) is 32.1 Å². The molecule has 4 nitrogen and oxygen atoms in total. The molecule has 5 heteroatoms. The molecule has 0 heterocycles. The third-order valence-corrected chi connectivity index (χ3v) is 4.19. The minimum Gasteiger partial charge on any atom is -0.497 e. The maximum absolute atomic E-state index is 11.3. The monoisotopic (exact) mass is 244 g/mol. The number of hydrogen-bond acceptors (Lipinski definition) is 4. The van der Waals surface area contributed by atoms with Crippen molar-refractivity contribution in [2.45, 2.75) is 18.3 Å². The quantitative estimate of drug-likeness (QED) is 0.863. The second kappa shape index (κ2) is 4.84. The van der Waals surface area contributed by atoms with E-state index in [1.165, 1.54) is 6.92 Å². The van der Waals surface area contributed by atoms with Crippen LogP contribution in [0.15, 0.2) is 24.3 Å². The molecule has 0 saturated carbocycles. The second-order valence-electron chi connectivity index (χ2n) is 3.75. The standard InChI is InChI=1S/C11H16O4S/c1-8(16(3,13)14)11(12)9-4-6-10(15-2)7-5-9/h4-8,11-12H,1-3H3/t8-,11+/m1/s1. The van der Waals surface area contributed by atoms with Crippen LogP contribution in [0.3, 0.4) is 0 Å². The first-order chi connectivity index (χ1) is 7.36. The van der Waals surface area contributed by atoms with E-state index in [4.69, 9.17) is 4.74 Å². The van der Waals surface area contributed by atoms with E-state index in [1.807, 2.05) is 0 Å². The van der Waals surface area contributed by atoms with Gasteiger partial charge in [0.1, 0.15) is 5.75 Å². The Morgan fingerprint density at radius 1 is 1.25 bits per heavy atom. The van der Waals surface area contributed by atoms with Gasteiger partial charge >= 0.3 is 0 Å². The van der Waals surface area contributed by atoms with Crippen LogP contribution in [0.1, 0.15) is 18.6 Å². The van der Waals surface area contributed by atoms with Crippen molar-refractivity contribution < 1.29 is 18.3 Å². The number of rotatable bonds is 4. The molecule has 0 aromatic heterocycles. The van der Waals surface area contributed by atoms with E-state index in [0.29, 0.717) is 11.3 Å². The minimum absolute atomic E-state index is 0.568. The normalized spacial score (nSPS) is 15.5. The predicted octanol–water partition coefficient (Wildman–Crippen LogP) is 1.16. The van der Waals surface area contributed by atoms with Crippen molar-refractivity contribution in [3.8, 4) is 5.75 Å². The second-order valence-corrected chi connectivity index (χ2v) is 6.16. The van der Waals surface area contributed by atoms with Crippen LogP contribution in [0, 0.1) is 0 Å². The third kappa shape index (κ3) is 2.96. The van der Waals surface area contributed by atoms with Gasteiger partial charge in [0.05, 0.1) is 18.5 Å². The summed E-state index contributed by atoms with van der Waals surface area (Å²) in [6, 6.07) is 6.69. The summed E-state index contributed by atoms with van der Waals surface area (Å²) in [6.45, 7) is 1.49. The van der Waals surface area contributed by atoms with Crippen molar-refractivity contribution in [3.05, 3.63) is 29.8 Å². The van der Waals surface area contributed by atoms with Crippen LogP contribution in [0.2, 0.25) is 0 Å². The SMILES string of the molecule is COc1ccc([C@@H](O)[C@@H](C)S(C)(=O)=O)cc1. The number of hydrogen-bond donors (Lipinski definition) is 1. The summed E-state index contributed by atoms with van der Waals surface area (Å²) in [5, 5.41) is 9.05. The molecule has 0 aliphatic heterocycles. The van der Waals surface area contributed by atoms with Gasteiger partial charge in [-0.1, -0.05) is 12.1 Å². The van der Waals surface area contributed by atoms with Crippen LogP contribution in [0.5, 0.6) is 5.75 Å². The Labute approximate surface area is 95.8 Å². The van der Waals surface area contributed by atoms with Gasteiger partial charge in [0, 0.05) is 6.26 Å². The van der Waals surface area contributed by atoms with E-state index in [1.54, 1.807) is 31.4 Å². The summed E-state index contributed by atoms with van der Waals surface area (Å²) in [6.07, 6.45) is 0.102. The summed E-state index contributed by atoms with van der Waals surface area (Å²) in [7, 11) is -1.70. The Morgan fingerprint density at radius 3 is 2.12 bits per heavy atom. The molecule has 0 fully saturated rings. The average molecular weight is 244 g/mol. The van der Waals surface area contributed by atoms with Gasteiger partial charge < -0.3 is 9.84 Å².